The van der Waals surface area contributed by atoms with E-state index in [0.717, 1.165) is 12.8 Å². The molecule has 2 rings (SSSR count). The van der Waals surface area contributed by atoms with Gasteiger partial charge in [0.25, 0.3) is 5.91 Å². The van der Waals surface area contributed by atoms with Crippen LogP contribution in [0.3, 0.4) is 0 Å². The molecular weight excluding hydrogens is 242 g/mol. The monoisotopic (exact) mass is 263 g/mol. The number of hydrogen-bond acceptors (Lipinski definition) is 3. The number of aliphatic hydroxyl groups excluding tert-OH is 1. The summed E-state index contributed by atoms with van der Waals surface area (Å²) in [6, 6.07) is 9.39. The van der Waals surface area contributed by atoms with Crippen molar-refractivity contribution in [1.29, 1.82) is 0 Å². The first-order valence-corrected chi connectivity index (χ1v) is 6.83. The fourth-order valence-corrected chi connectivity index (χ4v) is 2.12. The lowest BCUT2D eigenvalue weighted by Gasteiger charge is -2.20. The Morgan fingerprint density at radius 3 is 2.68 bits per heavy atom. The Morgan fingerprint density at radius 1 is 1.42 bits per heavy atom. The van der Waals surface area contributed by atoms with Gasteiger partial charge in [-0.3, -0.25) is 4.79 Å². The van der Waals surface area contributed by atoms with Gasteiger partial charge in [0.05, 0.1) is 0 Å². The molecule has 0 radical (unpaired) electrons. The number of nitrogens with one attached hydrogen (secondary N) is 1. The lowest BCUT2D eigenvalue weighted by atomic mass is 10.1. The number of benzene rings is 1. The Labute approximate surface area is 113 Å². The molecule has 1 aromatic rings. The van der Waals surface area contributed by atoms with Crippen molar-refractivity contribution in [3.05, 3.63) is 30.3 Å². The number of carbonyl (C=O) groups excluding carboxylic acids is 1. The number of aliphatic hydroxyl groups is 1. The fourth-order valence-electron chi connectivity index (χ4n) is 2.12. The van der Waals surface area contributed by atoms with E-state index >= 15 is 0 Å². The summed E-state index contributed by atoms with van der Waals surface area (Å²) in [6.45, 7) is 1.85. The molecule has 0 aromatic heterocycles. The van der Waals surface area contributed by atoms with E-state index in [-0.39, 0.29) is 18.6 Å². The number of amides is 1. The van der Waals surface area contributed by atoms with E-state index in [1.165, 1.54) is 0 Å². The lowest BCUT2D eigenvalue weighted by molar-refractivity contribution is -0.128. The third-order valence-corrected chi connectivity index (χ3v) is 3.38. The number of hydrogen-bond donors (Lipinski definition) is 2. The van der Waals surface area contributed by atoms with Gasteiger partial charge in [0.15, 0.2) is 6.10 Å². The van der Waals surface area contributed by atoms with Gasteiger partial charge in [0.2, 0.25) is 0 Å². The molecule has 0 aliphatic heterocycles. The van der Waals surface area contributed by atoms with E-state index in [1.54, 1.807) is 6.92 Å². The number of ether oxygens (including phenoxy) is 1. The Bertz CT molecular complexity index is 403. The number of para-hydroxylation sites is 1. The maximum Gasteiger partial charge on any atom is 0.261 e. The highest BCUT2D eigenvalue weighted by molar-refractivity contribution is 5.81. The second kappa shape index (κ2) is 6.57. The van der Waals surface area contributed by atoms with Crippen molar-refractivity contribution >= 4 is 5.91 Å². The summed E-state index contributed by atoms with van der Waals surface area (Å²) < 4.78 is 5.58. The minimum Gasteiger partial charge on any atom is -0.481 e. The maximum absolute atomic E-state index is 12.0. The van der Waals surface area contributed by atoms with Crippen molar-refractivity contribution in [2.24, 2.45) is 5.92 Å². The number of carbonyl (C=O) groups is 1. The largest absolute Gasteiger partial charge is 0.481 e. The van der Waals surface area contributed by atoms with Crippen molar-refractivity contribution in [2.75, 3.05) is 6.61 Å². The molecule has 0 bridgehead atoms. The van der Waals surface area contributed by atoms with Gasteiger partial charge >= 0.3 is 0 Å². The molecular formula is C15H21NO3. The van der Waals surface area contributed by atoms with Crippen LogP contribution in [0.1, 0.15) is 26.2 Å². The molecule has 0 spiro atoms. The summed E-state index contributed by atoms with van der Waals surface area (Å²) in [5.74, 6) is 1.10. The summed E-state index contributed by atoms with van der Waals surface area (Å²) in [5, 5.41) is 12.0. The standard InChI is InChI=1S/C15H21NO3/c1-11(19-13-5-3-2-4-6-13)15(18)16-14(9-10-17)12-7-8-12/h2-6,11-12,14,17H,7-10H2,1H3,(H,16,18). The van der Waals surface area contributed by atoms with Crippen molar-refractivity contribution < 1.29 is 14.6 Å². The van der Waals surface area contributed by atoms with Crippen LogP contribution >= 0.6 is 0 Å². The molecule has 104 valence electrons. The van der Waals surface area contributed by atoms with Gasteiger partial charge in [-0.25, -0.2) is 0 Å². The molecule has 1 aromatic carbocycles. The molecule has 2 atom stereocenters. The molecule has 4 nitrogen and oxygen atoms in total. The van der Waals surface area contributed by atoms with Crippen LogP contribution in [0.4, 0.5) is 0 Å². The van der Waals surface area contributed by atoms with Crippen molar-refractivity contribution in [3.63, 3.8) is 0 Å². The van der Waals surface area contributed by atoms with Crippen LogP contribution in [0.15, 0.2) is 30.3 Å². The van der Waals surface area contributed by atoms with Gasteiger partial charge in [-0.1, -0.05) is 18.2 Å². The zero-order chi connectivity index (χ0) is 13.7. The summed E-state index contributed by atoms with van der Waals surface area (Å²) in [6.07, 6.45) is 2.37. The normalized spacial score (nSPS) is 17.6. The van der Waals surface area contributed by atoms with E-state index in [0.29, 0.717) is 18.1 Å². The first kappa shape index (κ1) is 13.9. The predicted molar refractivity (Wildman–Crippen MR) is 72.9 cm³/mol. The summed E-state index contributed by atoms with van der Waals surface area (Å²) in [4.78, 5) is 12.0. The summed E-state index contributed by atoms with van der Waals surface area (Å²) in [5.41, 5.74) is 0. The van der Waals surface area contributed by atoms with E-state index in [4.69, 9.17) is 9.84 Å². The zero-order valence-electron chi connectivity index (χ0n) is 11.2. The molecule has 19 heavy (non-hydrogen) atoms. The van der Waals surface area contributed by atoms with Crippen LogP contribution in [0.5, 0.6) is 5.75 Å². The minimum atomic E-state index is -0.526. The van der Waals surface area contributed by atoms with Crippen LogP contribution < -0.4 is 10.1 Å². The Morgan fingerprint density at radius 2 is 2.11 bits per heavy atom. The second-order valence-corrected chi connectivity index (χ2v) is 5.04. The van der Waals surface area contributed by atoms with Gasteiger partial charge < -0.3 is 15.2 Å². The number of rotatable bonds is 7. The van der Waals surface area contributed by atoms with Crippen LogP contribution in [0, 0.1) is 5.92 Å². The van der Waals surface area contributed by atoms with Crippen LogP contribution in [-0.2, 0) is 4.79 Å². The first-order valence-electron chi connectivity index (χ1n) is 6.83. The van der Waals surface area contributed by atoms with Crippen molar-refractivity contribution in [1.82, 2.24) is 5.32 Å². The molecule has 0 saturated heterocycles. The first-order chi connectivity index (χ1) is 9.20. The SMILES string of the molecule is CC(Oc1ccccc1)C(=O)NC(CCO)C1CC1. The molecule has 1 saturated carbocycles. The van der Waals surface area contributed by atoms with E-state index in [1.807, 2.05) is 30.3 Å². The average molecular weight is 263 g/mol. The van der Waals surface area contributed by atoms with Crippen LogP contribution in [0.25, 0.3) is 0 Å². The predicted octanol–water partition coefficient (Wildman–Crippen LogP) is 1.73. The van der Waals surface area contributed by atoms with Crippen molar-refractivity contribution in [2.45, 2.75) is 38.3 Å². The van der Waals surface area contributed by atoms with Crippen LogP contribution in [0.2, 0.25) is 0 Å². The molecule has 2 unspecified atom stereocenters. The molecule has 0 heterocycles. The highest BCUT2D eigenvalue weighted by atomic mass is 16.5. The fraction of sp³-hybridized carbons (Fsp3) is 0.533. The van der Waals surface area contributed by atoms with E-state index in [2.05, 4.69) is 5.32 Å². The second-order valence-electron chi connectivity index (χ2n) is 5.04. The molecule has 1 amide bonds. The Hall–Kier alpha value is -1.55. The molecule has 2 N–H and O–H groups in total. The van der Waals surface area contributed by atoms with Gasteiger partial charge in [-0.2, -0.15) is 0 Å². The highest BCUT2D eigenvalue weighted by Crippen LogP contribution is 2.33. The highest BCUT2D eigenvalue weighted by Gasteiger charge is 2.32. The Balaban J connectivity index is 1.84. The van der Waals surface area contributed by atoms with E-state index < -0.39 is 6.10 Å². The molecule has 1 aliphatic carbocycles. The topological polar surface area (TPSA) is 58.6 Å². The quantitative estimate of drug-likeness (QED) is 0.787. The smallest absolute Gasteiger partial charge is 0.261 e. The maximum atomic E-state index is 12.0. The zero-order valence-corrected chi connectivity index (χ0v) is 11.2. The average Bonchev–Trinajstić information content (AvgIpc) is 3.23. The minimum absolute atomic E-state index is 0.0827. The summed E-state index contributed by atoms with van der Waals surface area (Å²) >= 11 is 0. The van der Waals surface area contributed by atoms with Gasteiger partial charge in [-0.05, 0) is 44.2 Å². The third kappa shape index (κ3) is 4.24. The van der Waals surface area contributed by atoms with E-state index in [9.17, 15) is 4.79 Å². The summed E-state index contributed by atoms with van der Waals surface area (Å²) in [7, 11) is 0. The van der Waals surface area contributed by atoms with Gasteiger partial charge in [0.1, 0.15) is 5.75 Å². The lowest BCUT2D eigenvalue weighted by Crippen LogP contribution is -2.43. The Kier molecular flexibility index (Phi) is 4.80. The molecule has 1 fully saturated rings. The van der Waals surface area contributed by atoms with Crippen LogP contribution in [-0.4, -0.2) is 29.8 Å². The third-order valence-electron chi connectivity index (χ3n) is 3.38. The molecule has 1 aliphatic rings. The molecule has 4 heteroatoms. The van der Waals surface area contributed by atoms with Crippen molar-refractivity contribution in [3.8, 4) is 5.75 Å². The van der Waals surface area contributed by atoms with Gasteiger partial charge in [0, 0.05) is 12.6 Å². The van der Waals surface area contributed by atoms with Gasteiger partial charge in [-0.15, -0.1) is 0 Å².